The van der Waals surface area contributed by atoms with Crippen molar-refractivity contribution in [2.24, 2.45) is 0 Å². The molecular formula is C5H8CuO2Zn. The van der Waals surface area contributed by atoms with Crippen molar-refractivity contribution in [2.75, 3.05) is 0 Å². The molecule has 0 atom stereocenters. The summed E-state index contributed by atoms with van der Waals surface area (Å²) < 4.78 is 0. The maximum absolute atomic E-state index is 10.0. The number of hydrogen-bond acceptors (Lipinski definition) is 2. The molecule has 0 saturated carbocycles. The van der Waals surface area contributed by atoms with Crippen LogP contribution in [0.5, 0.6) is 0 Å². The second-order valence-electron chi connectivity index (χ2n) is 1.33. The number of carbonyl (C=O) groups is 2. The molecular weight excluding hydrogens is 221 g/mol. The molecule has 4 heteroatoms. The van der Waals surface area contributed by atoms with Crippen molar-refractivity contribution in [3.63, 3.8) is 0 Å². The van der Waals surface area contributed by atoms with E-state index < -0.39 is 0 Å². The summed E-state index contributed by atoms with van der Waals surface area (Å²) in [5.41, 5.74) is 0. The van der Waals surface area contributed by atoms with Crippen molar-refractivity contribution < 1.29 is 46.1 Å². The van der Waals surface area contributed by atoms with Gasteiger partial charge in [0.1, 0.15) is 0 Å². The van der Waals surface area contributed by atoms with E-state index in [4.69, 9.17) is 0 Å². The van der Waals surface area contributed by atoms with E-state index in [-0.39, 0.29) is 42.3 Å². The molecule has 9 heavy (non-hydrogen) atoms. The fourth-order valence-corrected chi connectivity index (χ4v) is 0.305. The number of aldehydes is 1. The Labute approximate surface area is 78.0 Å². The first kappa shape index (κ1) is 16.2. The summed E-state index contributed by atoms with van der Waals surface area (Å²) in [6, 6.07) is 0. The number of carbonyl (C=O) groups excluding carboxylic acids is 2. The van der Waals surface area contributed by atoms with Gasteiger partial charge in [-0.25, -0.2) is 0 Å². The Bertz CT molecular complexity index is 85.0. The van der Waals surface area contributed by atoms with Gasteiger partial charge in [-0.05, 0) is 6.42 Å². The molecule has 0 rings (SSSR count). The van der Waals surface area contributed by atoms with Gasteiger partial charge in [0.05, 0.1) is 0 Å². The summed E-state index contributed by atoms with van der Waals surface area (Å²) in [4.78, 5) is 19.6. The maximum Gasteiger partial charge on any atom is 0.195 e. The predicted molar refractivity (Wildman–Crippen MR) is 26.0 cm³/mol. The van der Waals surface area contributed by atoms with E-state index in [1.165, 1.54) is 0 Å². The van der Waals surface area contributed by atoms with Crippen LogP contribution in [0.1, 0.15) is 19.8 Å². The maximum atomic E-state index is 10.0. The van der Waals surface area contributed by atoms with Crippen molar-refractivity contribution in [1.29, 1.82) is 0 Å². The van der Waals surface area contributed by atoms with Gasteiger partial charge in [0.2, 0.25) is 0 Å². The molecule has 0 aliphatic heterocycles. The minimum absolute atomic E-state index is 0. The number of Topliss-reactive ketones (excluding diaryl/α,β-unsaturated/α-hetero) is 1. The van der Waals surface area contributed by atoms with E-state index in [1.54, 1.807) is 0 Å². The average molecular weight is 229 g/mol. The minimum Gasteiger partial charge on any atom is -0.295 e. The quantitative estimate of drug-likeness (QED) is 0.402. The second kappa shape index (κ2) is 11.3. The molecule has 0 fully saturated rings. The molecule has 53 valence electrons. The second-order valence-corrected chi connectivity index (χ2v) is 1.33. The molecule has 0 heterocycles. The summed E-state index contributed by atoms with van der Waals surface area (Å²) in [5, 5.41) is 0. The first-order valence-corrected chi connectivity index (χ1v) is 2.29. The van der Waals surface area contributed by atoms with Crippen molar-refractivity contribution >= 4 is 12.1 Å². The van der Waals surface area contributed by atoms with Gasteiger partial charge >= 0.3 is 0 Å². The van der Waals surface area contributed by atoms with E-state index in [1.807, 2.05) is 6.92 Å². The Morgan fingerprint density at radius 3 is 2.11 bits per heavy atom. The molecule has 0 aromatic rings. The summed E-state index contributed by atoms with van der Waals surface area (Å²) >= 11 is 0. The van der Waals surface area contributed by atoms with Gasteiger partial charge in [0.15, 0.2) is 12.1 Å². The average Bonchev–Trinajstić information content (AvgIpc) is 1.68. The Hall–Kier alpha value is 0.483. The van der Waals surface area contributed by atoms with Crippen LogP contribution in [0.3, 0.4) is 0 Å². The Morgan fingerprint density at radius 1 is 1.56 bits per heavy atom. The predicted octanol–water partition coefficient (Wildman–Crippen LogP) is 0.549. The molecule has 0 bridgehead atoms. The number of ketones is 1. The third kappa shape index (κ3) is 11.9. The van der Waals surface area contributed by atoms with Gasteiger partial charge in [0, 0.05) is 43.0 Å². The van der Waals surface area contributed by atoms with E-state index in [2.05, 4.69) is 0 Å². The van der Waals surface area contributed by atoms with Crippen molar-refractivity contribution in [2.45, 2.75) is 19.8 Å². The van der Waals surface area contributed by atoms with Crippen LogP contribution >= 0.6 is 0 Å². The van der Waals surface area contributed by atoms with Gasteiger partial charge in [-0.1, -0.05) is 6.92 Å². The van der Waals surface area contributed by atoms with Crippen LogP contribution in [0.25, 0.3) is 0 Å². The van der Waals surface area contributed by atoms with Gasteiger partial charge in [-0.15, -0.1) is 0 Å². The molecule has 0 amide bonds. The normalized spacial score (nSPS) is 6.33. The van der Waals surface area contributed by atoms with Crippen LogP contribution in [0, 0.1) is 0 Å². The summed E-state index contributed by atoms with van der Waals surface area (Å²) in [6.45, 7) is 1.86. The van der Waals surface area contributed by atoms with E-state index >= 15 is 0 Å². The molecule has 2 nitrogen and oxygen atoms in total. The van der Waals surface area contributed by atoms with Crippen LogP contribution in [-0.4, -0.2) is 12.1 Å². The zero-order valence-electron chi connectivity index (χ0n) is 5.32. The van der Waals surface area contributed by atoms with Crippen LogP contribution in [0.4, 0.5) is 0 Å². The van der Waals surface area contributed by atoms with Crippen LogP contribution in [0.2, 0.25) is 0 Å². The molecule has 0 N–H and O–H groups in total. The molecule has 0 aliphatic carbocycles. The SMILES string of the molecule is CCCC(=O)C=O.[Cu].[Zn]. The summed E-state index contributed by atoms with van der Waals surface area (Å²) in [5.74, 6) is -0.303. The fourth-order valence-electron chi connectivity index (χ4n) is 0.305. The third-order valence-electron chi connectivity index (χ3n) is 0.628. The molecule has 0 unspecified atom stereocenters. The zero-order chi connectivity index (χ0) is 5.70. The molecule has 0 aromatic heterocycles. The molecule has 0 saturated heterocycles. The van der Waals surface area contributed by atoms with Crippen LogP contribution in [0.15, 0.2) is 0 Å². The first-order valence-electron chi connectivity index (χ1n) is 2.29. The van der Waals surface area contributed by atoms with E-state index in [0.29, 0.717) is 12.7 Å². The largest absolute Gasteiger partial charge is 0.295 e. The standard InChI is InChI=1S/C5H8O2.Cu.Zn/c1-2-3-5(7)4-6;;/h4H,2-3H2,1H3;;. The zero-order valence-corrected chi connectivity index (χ0v) is 9.23. The van der Waals surface area contributed by atoms with Crippen molar-refractivity contribution in [3.05, 3.63) is 0 Å². The molecule has 1 radical (unpaired) electrons. The van der Waals surface area contributed by atoms with Gasteiger partial charge < -0.3 is 0 Å². The Morgan fingerprint density at radius 2 is 2.00 bits per heavy atom. The summed E-state index contributed by atoms with van der Waals surface area (Å²) in [7, 11) is 0. The monoisotopic (exact) mass is 227 g/mol. The fraction of sp³-hybridized carbons (Fsp3) is 0.600. The van der Waals surface area contributed by atoms with Crippen molar-refractivity contribution in [1.82, 2.24) is 0 Å². The minimum atomic E-state index is -0.303. The Kier molecular flexibility index (Phi) is 20.4. The van der Waals surface area contributed by atoms with Crippen LogP contribution < -0.4 is 0 Å². The topological polar surface area (TPSA) is 34.1 Å². The van der Waals surface area contributed by atoms with Crippen molar-refractivity contribution in [3.8, 4) is 0 Å². The smallest absolute Gasteiger partial charge is 0.195 e. The first-order chi connectivity index (χ1) is 3.31. The van der Waals surface area contributed by atoms with Gasteiger partial charge in [0.25, 0.3) is 0 Å². The Balaban J connectivity index is -0.000000180. The number of hydrogen-bond donors (Lipinski definition) is 0. The summed E-state index contributed by atoms with van der Waals surface area (Å²) in [6.07, 6.45) is 1.52. The van der Waals surface area contributed by atoms with Crippen LogP contribution in [-0.2, 0) is 46.1 Å². The van der Waals surface area contributed by atoms with Gasteiger partial charge in [-0.2, -0.15) is 0 Å². The van der Waals surface area contributed by atoms with E-state index in [0.717, 1.165) is 6.42 Å². The van der Waals surface area contributed by atoms with E-state index in [9.17, 15) is 9.59 Å². The molecule has 0 aromatic carbocycles. The molecule has 0 spiro atoms. The van der Waals surface area contributed by atoms with Gasteiger partial charge in [-0.3, -0.25) is 9.59 Å². The third-order valence-corrected chi connectivity index (χ3v) is 0.628. The number of rotatable bonds is 3. The molecule has 0 aliphatic rings.